The van der Waals surface area contributed by atoms with Crippen LogP contribution in [0.25, 0.3) is 22.2 Å². The Morgan fingerprint density at radius 2 is 2.09 bits per heavy atom. The molecule has 118 valence electrons. The Morgan fingerprint density at radius 1 is 1.30 bits per heavy atom. The fraction of sp³-hybridized carbons (Fsp3) is 0.176. The van der Waals surface area contributed by atoms with E-state index < -0.39 is 12.0 Å². The maximum Gasteiger partial charge on any atom is 0.258 e. The number of para-hydroxylation sites is 1. The molecule has 2 heterocycles. The first-order chi connectivity index (χ1) is 11.1. The molecule has 0 fully saturated rings. The molecule has 0 unspecified atom stereocenters. The van der Waals surface area contributed by atoms with Crippen molar-refractivity contribution in [3.8, 4) is 16.9 Å². The lowest BCUT2D eigenvalue weighted by atomic mass is 10.0. The summed E-state index contributed by atoms with van der Waals surface area (Å²) < 4.78 is 5.73. The van der Waals surface area contributed by atoms with Crippen molar-refractivity contribution in [2.24, 2.45) is 5.73 Å². The fourth-order valence-corrected chi connectivity index (χ4v) is 2.43. The lowest BCUT2D eigenvalue weighted by Gasteiger charge is -2.16. The van der Waals surface area contributed by atoms with Gasteiger partial charge in [0.25, 0.3) is 5.91 Å². The molecule has 3 rings (SSSR count). The highest BCUT2D eigenvalue weighted by Crippen LogP contribution is 2.36. The molecule has 0 spiro atoms. The molecule has 0 aliphatic rings. The lowest BCUT2D eigenvalue weighted by molar-refractivity contribution is -0.123. The topological polar surface area (TPSA) is 93.0 Å². The SMILES string of the molecule is CNc1cc(-c2ccccc2O[C@H](C)C(N)=O)c2cc[nH]c2n1. The van der Waals surface area contributed by atoms with Gasteiger partial charge in [-0.05, 0) is 25.1 Å². The smallest absolute Gasteiger partial charge is 0.258 e. The molecule has 1 aromatic carbocycles. The van der Waals surface area contributed by atoms with Gasteiger partial charge in [0.2, 0.25) is 0 Å². The van der Waals surface area contributed by atoms with Crippen LogP contribution in [0.2, 0.25) is 0 Å². The Balaban J connectivity index is 2.15. The number of amides is 1. The summed E-state index contributed by atoms with van der Waals surface area (Å²) in [6.07, 6.45) is 1.14. The molecule has 0 aliphatic carbocycles. The number of primary amides is 1. The van der Waals surface area contributed by atoms with Crippen molar-refractivity contribution in [1.29, 1.82) is 0 Å². The number of benzene rings is 1. The minimum Gasteiger partial charge on any atom is -0.480 e. The largest absolute Gasteiger partial charge is 0.480 e. The minimum atomic E-state index is -0.705. The van der Waals surface area contributed by atoms with Crippen molar-refractivity contribution in [1.82, 2.24) is 9.97 Å². The first-order valence-corrected chi connectivity index (χ1v) is 7.31. The second-order valence-electron chi connectivity index (χ2n) is 5.20. The number of nitrogens with zero attached hydrogens (tertiary/aromatic N) is 1. The third-order valence-electron chi connectivity index (χ3n) is 3.67. The molecule has 23 heavy (non-hydrogen) atoms. The molecule has 0 bridgehead atoms. The van der Waals surface area contributed by atoms with Gasteiger partial charge in [0, 0.05) is 29.8 Å². The van der Waals surface area contributed by atoms with Crippen LogP contribution in [0, 0.1) is 0 Å². The molecular formula is C17H18N4O2. The highest BCUT2D eigenvalue weighted by Gasteiger charge is 2.16. The third kappa shape index (κ3) is 2.83. The maximum atomic E-state index is 11.3. The molecule has 4 N–H and O–H groups in total. The Hall–Kier alpha value is -3.02. The van der Waals surface area contributed by atoms with E-state index in [4.69, 9.17) is 10.5 Å². The minimum absolute atomic E-state index is 0.503. The summed E-state index contributed by atoms with van der Waals surface area (Å²) in [4.78, 5) is 18.9. The van der Waals surface area contributed by atoms with Gasteiger partial charge in [0.1, 0.15) is 17.2 Å². The van der Waals surface area contributed by atoms with E-state index in [-0.39, 0.29) is 0 Å². The van der Waals surface area contributed by atoms with Gasteiger partial charge in [-0.1, -0.05) is 18.2 Å². The molecule has 0 aliphatic heterocycles. The quantitative estimate of drug-likeness (QED) is 0.675. The summed E-state index contributed by atoms with van der Waals surface area (Å²) in [6.45, 7) is 1.64. The van der Waals surface area contributed by atoms with Gasteiger partial charge in [0.05, 0.1) is 0 Å². The Kier molecular flexibility index (Phi) is 3.89. The molecule has 0 saturated heterocycles. The van der Waals surface area contributed by atoms with E-state index in [1.54, 1.807) is 6.92 Å². The number of ether oxygens (including phenoxy) is 1. The number of hydrogen-bond acceptors (Lipinski definition) is 4. The number of carbonyl (C=O) groups excluding carboxylic acids is 1. The fourth-order valence-electron chi connectivity index (χ4n) is 2.43. The Labute approximate surface area is 133 Å². The van der Waals surface area contributed by atoms with Crippen molar-refractivity contribution in [2.75, 3.05) is 12.4 Å². The predicted molar refractivity (Wildman–Crippen MR) is 90.4 cm³/mol. The molecule has 0 radical (unpaired) electrons. The average Bonchev–Trinajstić information content (AvgIpc) is 3.02. The van der Waals surface area contributed by atoms with E-state index in [9.17, 15) is 4.79 Å². The van der Waals surface area contributed by atoms with Gasteiger partial charge in [-0.15, -0.1) is 0 Å². The van der Waals surface area contributed by atoms with Crippen LogP contribution in [0.3, 0.4) is 0 Å². The van der Waals surface area contributed by atoms with Crippen molar-refractivity contribution in [3.05, 3.63) is 42.6 Å². The summed E-state index contributed by atoms with van der Waals surface area (Å²) in [5, 5.41) is 4.03. The second-order valence-corrected chi connectivity index (χ2v) is 5.20. The number of rotatable bonds is 5. The Morgan fingerprint density at radius 3 is 2.83 bits per heavy atom. The van der Waals surface area contributed by atoms with Crippen molar-refractivity contribution in [2.45, 2.75) is 13.0 Å². The monoisotopic (exact) mass is 310 g/mol. The number of anilines is 1. The van der Waals surface area contributed by atoms with Gasteiger partial charge in [-0.25, -0.2) is 4.98 Å². The van der Waals surface area contributed by atoms with Gasteiger partial charge in [0.15, 0.2) is 6.10 Å². The number of nitrogens with one attached hydrogen (secondary N) is 2. The number of pyridine rings is 1. The Bertz CT molecular complexity index is 857. The highest BCUT2D eigenvalue weighted by atomic mass is 16.5. The summed E-state index contributed by atoms with van der Waals surface area (Å²) in [6, 6.07) is 11.5. The van der Waals surface area contributed by atoms with Gasteiger partial charge >= 0.3 is 0 Å². The molecular weight excluding hydrogens is 292 g/mol. The van der Waals surface area contributed by atoms with E-state index >= 15 is 0 Å². The summed E-state index contributed by atoms with van der Waals surface area (Å²) >= 11 is 0. The number of carbonyl (C=O) groups is 1. The molecule has 1 amide bonds. The number of fused-ring (bicyclic) bond motifs is 1. The van der Waals surface area contributed by atoms with E-state index in [0.29, 0.717) is 5.75 Å². The van der Waals surface area contributed by atoms with Crippen LogP contribution in [0.1, 0.15) is 6.92 Å². The van der Waals surface area contributed by atoms with E-state index in [2.05, 4.69) is 15.3 Å². The molecule has 6 nitrogen and oxygen atoms in total. The predicted octanol–water partition coefficient (Wildman–Crippen LogP) is 2.52. The van der Waals surface area contributed by atoms with Crippen LogP contribution < -0.4 is 15.8 Å². The third-order valence-corrected chi connectivity index (χ3v) is 3.67. The average molecular weight is 310 g/mol. The number of hydrogen-bond donors (Lipinski definition) is 3. The standard InChI is InChI=1S/C17H18N4O2/c1-10(16(18)22)23-14-6-4-3-5-11(14)13-9-15(19-2)21-17-12(13)7-8-20-17/h3-10H,1-2H3,(H2,18,22)(H2,19,20,21)/t10-/m1/s1. The zero-order valence-corrected chi connectivity index (χ0v) is 13.0. The number of aromatic amines is 1. The number of aromatic nitrogens is 2. The molecule has 0 saturated carbocycles. The zero-order chi connectivity index (χ0) is 16.4. The van der Waals surface area contributed by atoms with Crippen LogP contribution in [-0.2, 0) is 4.79 Å². The second kappa shape index (κ2) is 6.00. The van der Waals surface area contributed by atoms with Gasteiger partial charge in [-0.2, -0.15) is 0 Å². The summed E-state index contributed by atoms with van der Waals surface area (Å²) in [5.41, 5.74) is 7.93. The maximum absolute atomic E-state index is 11.3. The van der Waals surface area contributed by atoms with E-state index in [1.165, 1.54) is 0 Å². The lowest BCUT2D eigenvalue weighted by Crippen LogP contribution is -2.30. The summed E-state index contributed by atoms with van der Waals surface area (Å²) in [5.74, 6) is 0.847. The van der Waals surface area contributed by atoms with Crippen molar-refractivity contribution >= 4 is 22.8 Å². The van der Waals surface area contributed by atoms with E-state index in [1.807, 2.05) is 49.6 Å². The van der Waals surface area contributed by atoms with Gasteiger partial charge in [-0.3, -0.25) is 4.79 Å². The van der Waals surface area contributed by atoms with Crippen molar-refractivity contribution in [3.63, 3.8) is 0 Å². The van der Waals surface area contributed by atoms with Crippen molar-refractivity contribution < 1.29 is 9.53 Å². The number of H-pyrrole nitrogens is 1. The van der Waals surface area contributed by atoms with Crippen LogP contribution >= 0.6 is 0 Å². The summed E-state index contributed by atoms with van der Waals surface area (Å²) in [7, 11) is 1.82. The highest BCUT2D eigenvalue weighted by molar-refractivity contribution is 5.96. The van der Waals surface area contributed by atoms with Crippen LogP contribution in [-0.4, -0.2) is 29.0 Å². The molecule has 3 aromatic rings. The molecule has 6 heteroatoms. The van der Waals surface area contributed by atoms with Crippen LogP contribution in [0.4, 0.5) is 5.82 Å². The van der Waals surface area contributed by atoms with Gasteiger partial charge < -0.3 is 20.8 Å². The van der Waals surface area contributed by atoms with Crippen LogP contribution in [0.15, 0.2) is 42.6 Å². The van der Waals surface area contributed by atoms with Crippen LogP contribution in [0.5, 0.6) is 5.75 Å². The first-order valence-electron chi connectivity index (χ1n) is 7.31. The molecule has 2 aromatic heterocycles. The van der Waals surface area contributed by atoms with E-state index in [0.717, 1.165) is 28.0 Å². The molecule has 1 atom stereocenters. The zero-order valence-electron chi connectivity index (χ0n) is 13.0. The first kappa shape index (κ1) is 14.9. The number of nitrogens with two attached hydrogens (primary N) is 1. The normalized spacial score (nSPS) is 12.1.